The normalized spacial score (nSPS) is 16.3. The Hall–Kier alpha value is -3.13. The van der Waals surface area contributed by atoms with Crippen LogP contribution in [0, 0.1) is 11.3 Å². The number of hydrogen-bond acceptors (Lipinski definition) is 3. The first-order chi connectivity index (χ1) is 12.2. The van der Waals surface area contributed by atoms with Crippen molar-refractivity contribution in [3.63, 3.8) is 0 Å². The van der Waals surface area contributed by atoms with Crippen LogP contribution in [0.15, 0.2) is 54.6 Å². The summed E-state index contributed by atoms with van der Waals surface area (Å²) in [5.74, 6) is -1.14. The van der Waals surface area contributed by atoms with E-state index in [2.05, 4.69) is 11.4 Å². The molecule has 5 nitrogen and oxygen atoms in total. The first-order valence-electron chi connectivity index (χ1n) is 8.32. The molecule has 1 aliphatic rings. The highest BCUT2D eigenvalue weighted by Crippen LogP contribution is 2.31. The lowest BCUT2D eigenvalue weighted by atomic mass is 10.0. The summed E-state index contributed by atoms with van der Waals surface area (Å²) < 4.78 is 0. The van der Waals surface area contributed by atoms with Gasteiger partial charge in [0.2, 0.25) is 0 Å². The minimum absolute atomic E-state index is 0.0440. The topological polar surface area (TPSA) is 73.2 Å². The van der Waals surface area contributed by atoms with E-state index in [9.17, 15) is 9.59 Å². The lowest BCUT2D eigenvalue weighted by Gasteiger charge is -2.24. The molecule has 1 fully saturated rings. The molecule has 0 spiro atoms. The predicted molar refractivity (Wildman–Crippen MR) is 94.5 cm³/mol. The maximum absolute atomic E-state index is 12.6. The van der Waals surface area contributed by atoms with Crippen LogP contribution >= 0.6 is 0 Å². The second-order valence-corrected chi connectivity index (χ2v) is 6.05. The summed E-state index contributed by atoms with van der Waals surface area (Å²) in [5.41, 5.74) is 2.48. The SMILES string of the molecule is N#CCc1ccc(NC(=O)C(=O)N2CCCC2c2ccccc2)cc1. The first kappa shape index (κ1) is 16.7. The quantitative estimate of drug-likeness (QED) is 0.877. The molecule has 5 heteroatoms. The number of anilines is 1. The van der Waals surface area contributed by atoms with E-state index in [0.717, 1.165) is 24.0 Å². The molecule has 3 rings (SSSR count). The van der Waals surface area contributed by atoms with Crippen molar-refractivity contribution in [1.82, 2.24) is 4.90 Å². The Kier molecular flexibility index (Phi) is 5.10. The largest absolute Gasteiger partial charge is 0.327 e. The smallest absolute Gasteiger partial charge is 0.313 e. The third-order valence-electron chi connectivity index (χ3n) is 4.39. The second kappa shape index (κ2) is 7.63. The molecule has 126 valence electrons. The molecule has 2 aromatic carbocycles. The van der Waals surface area contributed by atoms with E-state index < -0.39 is 11.8 Å². The van der Waals surface area contributed by atoms with Crippen LogP contribution in [0.4, 0.5) is 5.69 Å². The highest BCUT2D eigenvalue weighted by Gasteiger charge is 2.33. The Bertz CT molecular complexity index is 794. The molecule has 1 unspecified atom stereocenters. The summed E-state index contributed by atoms with van der Waals surface area (Å²) in [6.45, 7) is 0.590. The lowest BCUT2D eigenvalue weighted by Crippen LogP contribution is -2.39. The average Bonchev–Trinajstić information content (AvgIpc) is 3.13. The van der Waals surface area contributed by atoms with Gasteiger partial charge in [-0.05, 0) is 36.1 Å². The van der Waals surface area contributed by atoms with Gasteiger partial charge in [-0.2, -0.15) is 5.26 Å². The number of nitriles is 1. The van der Waals surface area contributed by atoms with Gasteiger partial charge < -0.3 is 10.2 Å². The highest BCUT2D eigenvalue weighted by atomic mass is 16.2. The molecule has 2 aromatic rings. The maximum atomic E-state index is 12.6. The highest BCUT2D eigenvalue weighted by molar-refractivity contribution is 6.39. The number of nitrogens with zero attached hydrogens (tertiary/aromatic N) is 2. The fourth-order valence-electron chi connectivity index (χ4n) is 3.14. The van der Waals surface area contributed by atoms with Gasteiger partial charge in [-0.25, -0.2) is 0 Å². The Morgan fingerprint density at radius 1 is 1.12 bits per heavy atom. The molecular weight excluding hydrogens is 314 g/mol. The van der Waals surface area contributed by atoms with E-state index in [1.165, 1.54) is 0 Å². The van der Waals surface area contributed by atoms with Crippen LogP contribution in [-0.4, -0.2) is 23.3 Å². The molecule has 0 aliphatic carbocycles. The molecular formula is C20H19N3O2. The number of amides is 2. The molecule has 1 heterocycles. The monoisotopic (exact) mass is 333 g/mol. The Balaban J connectivity index is 1.67. The van der Waals surface area contributed by atoms with Crippen molar-refractivity contribution in [2.75, 3.05) is 11.9 Å². The zero-order chi connectivity index (χ0) is 17.6. The standard InChI is InChI=1S/C20H19N3O2/c21-13-12-15-8-10-17(11-9-15)22-19(24)20(25)23-14-4-7-18(23)16-5-2-1-3-6-16/h1-3,5-6,8-11,18H,4,7,12,14H2,(H,22,24). The Labute approximate surface area is 146 Å². The third-order valence-corrected chi connectivity index (χ3v) is 4.39. The van der Waals surface area contributed by atoms with E-state index >= 15 is 0 Å². The minimum Gasteiger partial charge on any atom is -0.327 e. The molecule has 0 aromatic heterocycles. The van der Waals surface area contributed by atoms with Gasteiger partial charge in [0, 0.05) is 12.2 Å². The number of rotatable bonds is 3. The van der Waals surface area contributed by atoms with Gasteiger partial charge in [-0.3, -0.25) is 9.59 Å². The van der Waals surface area contributed by atoms with Crippen LogP contribution in [0.5, 0.6) is 0 Å². The summed E-state index contributed by atoms with van der Waals surface area (Å²) in [6.07, 6.45) is 2.08. The molecule has 1 atom stereocenters. The van der Waals surface area contributed by atoms with Crippen molar-refractivity contribution in [3.8, 4) is 6.07 Å². The maximum Gasteiger partial charge on any atom is 0.313 e. The van der Waals surface area contributed by atoms with Gasteiger partial charge in [0.15, 0.2) is 0 Å². The zero-order valence-electron chi connectivity index (χ0n) is 13.8. The number of likely N-dealkylation sites (tertiary alicyclic amines) is 1. The third kappa shape index (κ3) is 3.86. The predicted octanol–water partition coefficient (Wildman–Crippen LogP) is 3.05. The number of nitrogens with one attached hydrogen (secondary N) is 1. The minimum atomic E-state index is -0.629. The van der Waals surface area contributed by atoms with E-state index in [1.54, 1.807) is 29.2 Å². The van der Waals surface area contributed by atoms with Crippen LogP contribution in [0.3, 0.4) is 0 Å². The number of benzene rings is 2. The van der Waals surface area contributed by atoms with Gasteiger partial charge in [0.05, 0.1) is 18.5 Å². The van der Waals surface area contributed by atoms with E-state index in [0.29, 0.717) is 18.7 Å². The number of carbonyl (C=O) groups excluding carboxylic acids is 2. The van der Waals surface area contributed by atoms with Crippen molar-refractivity contribution >= 4 is 17.5 Å². The zero-order valence-corrected chi connectivity index (χ0v) is 13.8. The molecule has 2 amide bonds. The summed E-state index contributed by atoms with van der Waals surface area (Å²) in [5, 5.41) is 11.3. The molecule has 1 N–H and O–H groups in total. The average molecular weight is 333 g/mol. The molecule has 1 saturated heterocycles. The van der Waals surface area contributed by atoms with Gasteiger partial charge in [0.25, 0.3) is 0 Å². The van der Waals surface area contributed by atoms with Crippen LogP contribution in [0.2, 0.25) is 0 Å². The lowest BCUT2D eigenvalue weighted by molar-refractivity contribution is -0.143. The summed E-state index contributed by atoms with van der Waals surface area (Å²) in [7, 11) is 0. The summed E-state index contributed by atoms with van der Waals surface area (Å²) >= 11 is 0. The summed E-state index contributed by atoms with van der Waals surface area (Å²) in [6, 6.07) is 18.8. The van der Waals surface area contributed by atoms with E-state index in [4.69, 9.17) is 5.26 Å². The molecule has 0 bridgehead atoms. The van der Waals surface area contributed by atoms with E-state index in [1.807, 2.05) is 30.3 Å². The second-order valence-electron chi connectivity index (χ2n) is 6.05. The van der Waals surface area contributed by atoms with Crippen LogP contribution in [0.25, 0.3) is 0 Å². The Morgan fingerprint density at radius 3 is 2.52 bits per heavy atom. The van der Waals surface area contributed by atoms with Gasteiger partial charge >= 0.3 is 11.8 Å². The van der Waals surface area contributed by atoms with Crippen molar-refractivity contribution in [3.05, 3.63) is 65.7 Å². The van der Waals surface area contributed by atoms with Crippen molar-refractivity contribution in [2.45, 2.75) is 25.3 Å². The van der Waals surface area contributed by atoms with Crippen LogP contribution < -0.4 is 5.32 Å². The van der Waals surface area contributed by atoms with Crippen molar-refractivity contribution in [1.29, 1.82) is 5.26 Å². The number of carbonyl (C=O) groups is 2. The first-order valence-corrected chi connectivity index (χ1v) is 8.32. The van der Waals surface area contributed by atoms with Crippen LogP contribution in [0.1, 0.15) is 30.0 Å². The van der Waals surface area contributed by atoms with Crippen molar-refractivity contribution < 1.29 is 9.59 Å². The Morgan fingerprint density at radius 2 is 1.84 bits per heavy atom. The van der Waals surface area contributed by atoms with Crippen molar-refractivity contribution in [2.24, 2.45) is 0 Å². The molecule has 0 radical (unpaired) electrons. The fourth-order valence-corrected chi connectivity index (χ4v) is 3.14. The molecule has 25 heavy (non-hydrogen) atoms. The molecule has 1 aliphatic heterocycles. The number of hydrogen-bond donors (Lipinski definition) is 1. The van der Waals surface area contributed by atoms with Gasteiger partial charge in [-0.1, -0.05) is 42.5 Å². The fraction of sp³-hybridized carbons (Fsp3) is 0.250. The molecule has 0 saturated carbocycles. The van der Waals surface area contributed by atoms with E-state index in [-0.39, 0.29) is 6.04 Å². The van der Waals surface area contributed by atoms with Gasteiger partial charge in [0.1, 0.15) is 0 Å². The van der Waals surface area contributed by atoms with Gasteiger partial charge in [-0.15, -0.1) is 0 Å². The van der Waals surface area contributed by atoms with Crippen LogP contribution in [-0.2, 0) is 16.0 Å². The summed E-state index contributed by atoms with van der Waals surface area (Å²) in [4.78, 5) is 26.6.